The van der Waals surface area contributed by atoms with E-state index in [1.54, 1.807) is 39.0 Å². The summed E-state index contributed by atoms with van der Waals surface area (Å²) in [7, 11) is 2.89. The number of rotatable bonds is 5. The molecular weight excluding hydrogens is 584 g/mol. The number of nitrogens with one attached hydrogen (secondary N) is 1. The van der Waals surface area contributed by atoms with E-state index < -0.39 is 54.2 Å². The zero-order valence-electron chi connectivity index (χ0n) is 26.7. The molecule has 6 atom stereocenters. The molecule has 0 unspecified atom stereocenters. The highest BCUT2D eigenvalue weighted by Crippen LogP contribution is 2.32. The molecule has 1 saturated heterocycles. The maximum atomic E-state index is 13.8. The van der Waals surface area contributed by atoms with Gasteiger partial charge in [0, 0.05) is 50.4 Å². The number of ketones is 2. The quantitative estimate of drug-likeness (QED) is 0.301. The van der Waals surface area contributed by atoms with Gasteiger partial charge < -0.3 is 40.6 Å². The van der Waals surface area contributed by atoms with Gasteiger partial charge in [0.25, 0.3) is 5.91 Å². The van der Waals surface area contributed by atoms with Crippen LogP contribution in [-0.4, -0.2) is 86.3 Å². The molecule has 0 radical (unpaired) electrons. The van der Waals surface area contributed by atoms with Gasteiger partial charge in [-0.25, -0.2) is 9.59 Å². The third kappa shape index (κ3) is 8.92. The van der Waals surface area contributed by atoms with E-state index in [1.165, 1.54) is 26.4 Å². The van der Waals surface area contributed by atoms with Crippen LogP contribution < -0.4 is 16.8 Å². The third-order valence-electron chi connectivity index (χ3n) is 8.15. The van der Waals surface area contributed by atoms with E-state index in [0.29, 0.717) is 36.4 Å². The summed E-state index contributed by atoms with van der Waals surface area (Å²) >= 11 is 0. The summed E-state index contributed by atoms with van der Waals surface area (Å²) in [4.78, 5) is 65.9. The van der Waals surface area contributed by atoms with Crippen molar-refractivity contribution in [2.45, 2.75) is 71.4 Å². The van der Waals surface area contributed by atoms with E-state index in [9.17, 15) is 24.0 Å². The van der Waals surface area contributed by atoms with Crippen molar-refractivity contribution in [3.05, 3.63) is 58.5 Å². The number of methoxy groups -OCH3 is 2. The van der Waals surface area contributed by atoms with Crippen molar-refractivity contribution in [3.63, 3.8) is 0 Å². The Balaban J connectivity index is 2.13. The minimum absolute atomic E-state index is 0.109. The number of likely N-dealkylation sites (tertiary alicyclic amines) is 1. The van der Waals surface area contributed by atoms with Crippen LogP contribution in [0.1, 0.15) is 47.0 Å². The monoisotopic (exact) mass is 628 g/mol. The lowest BCUT2D eigenvalue weighted by molar-refractivity contribution is -0.120. The number of fused-ring (bicyclic) bond motifs is 2. The molecule has 246 valence electrons. The topological polar surface area (TPSA) is 190 Å². The van der Waals surface area contributed by atoms with Crippen molar-refractivity contribution in [3.8, 4) is 0 Å². The van der Waals surface area contributed by atoms with E-state index >= 15 is 0 Å². The Hall–Kier alpha value is -4.23. The van der Waals surface area contributed by atoms with Crippen molar-refractivity contribution in [2.75, 3.05) is 27.3 Å². The number of nitrogens with zero attached hydrogens (tertiary/aromatic N) is 1. The summed E-state index contributed by atoms with van der Waals surface area (Å²) in [5.41, 5.74) is 12.2. The summed E-state index contributed by atoms with van der Waals surface area (Å²) in [6, 6.07) is 0. The second-order valence-corrected chi connectivity index (χ2v) is 11.7. The largest absolute Gasteiger partial charge is 0.443 e. The van der Waals surface area contributed by atoms with Gasteiger partial charge in [0.15, 0.2) is 6.10 Å². The molecule has 45 heavy (non-hydrogen) atoms. The molecule has 0 aromatic heterocycles. The lowest BCUT2D eigenvalue weighted by Crippen LogP contribution is -2.43. The Morgan fingerprint density at radius 1 is 1.00 bits per heavy atom. The first-order valence-corrected chi connectivity index (χ1v) is 14.9. The number of carbonyl (C=O) groups is 5. The molecule has 3 amide bonds. The fourth-order valence-corrected chi connectivity index (χ4v) is 5.76. The molecule has 0 saturated carbocycles. The van der Waals surface area contributed by atoms with Gasteiger partial charge >= 0.3 is 12.2 Å². The van der Waals surface area contributed by atoms with Crippen molar-refractivity contribution in [1.29, 1.82) is 0 Å². The van der Waals surface area contributed by atoms with Crippen LogP contribution >= 0.6 is 0 Å². The van der Waals surface area contributed by atoms with E-state index in [2.05, 4.69) is 5.32 Å². The molecule has 5 N–H and O–H groups in total. The Morgan fingerprint density at radius 2 is 1.67 bits per heavy atom. The Bertz CT molecular complexity index is 1340. The van der Waals surface area contributed by atoms with E-state index in [0.717, 1.165) is 6.42 Å². The van der Waals surface area contributed by atoms with Gasteiger partial charge in [-0.2, -0.15) is 0 Å². The molecule has 0 spiro atoms. The van der Waals surface area contributed by atoms with Gasteiger partial charge in [-0.1, -0.05) is 38.2 Å². The van der Waals surface area contributed by atoms with Gasteiger partial charge in [-0.05, 0) is 44.6 Å². The highest BCUT2D eigenvalue weighted by atomic mass is 16.6. The summed E-state index contributed by atoms with van der Waals surface area (Å²) in [5.74, 6) is -2.09. The van der Waals surface area contributed by atoms with Gasteiger partial charge in [-0.3, -0.25) is 14.4 Å². The number of nitrogens with two attached hydrogens (primary N) is 2. The van der Waals surface area contributed by atoms with E-state index in [4.69, 9.17) is 30.4 Å². The first-order chi connectivity index (χ1) is 21.3. The van der Waals surface area contributed by atoms with Gasteiger partial charge in [0.2, 0.25) is 11.6 Å². The summed E-state index contributed by atoms with van der Waals surface area (Å²) < 4.78 is 22.3. The molecule has 3 rings (SSSR count). The van der Waals surface area contributed by atoms with Gasteiger partial charge in [-0.15, -0.1) is 0 Å². The minimum Gasteiger partial charge on any atom is -0.443 e. The Kier molecular flexibility index (Phi) is 12.3. The van der Waals surface area contributed by atoms with E-state index in [1.807, 2.05) is 11.8 Å². The van der Waals surface area contributed by atoms with Crippen molar-refractivity contribution in [2.24, 2.45) is 23.3 Å². The first kappa shape index (κ1) is 35.3. The zero-order chi connectivity index (χ0) is 33.4. The summed E-state index contributed by atoms with van der Waals surface area (Å²) in [6.45, 7) is 8.26. The normalized spacial score (nSPS) is 31.8. The van der Waals surface area contributed by atoms with Crippen LogP contribution in [-0.2, 0) is 33.3 Å². The second-order valence-electron chi connectivity index (χ2n) is 11.7. The van der Waals surface area contributed by atoms with Crippen LogP contribution in [0.15, 0.2) is 58.5 Å². The number of hydrogen-bond donors (Lipinski definition) is 3. The summed E-state index contributed by atoms with van der Waals surface area (Å²) in [5, 5.41) is 2.60. The third-order valence-corrected chi connectivity index (χ3v) is 8.15. The molecule has 2 aliphatic heterocycles. The van der Waals surface area contributed by atoms with Crippen LogP contribution in [0.4, 0.5) is 9.59 Å². The van der Waals surface area contributed by atoms with Crippen LogP contribution in [0.2, 0.25) is 0 Å². The average Bonchev–Trinajstić information content (AvgIpc) is 2.94. The SMILES string of the molecule is CO[C@H]1C[C@H](C)CC2=C(N3CCC3)C(=O)C=C(NC(=O)/C(C)=C/C=C\[C@@H](OC)[C@@H](OC(N)=O)/C(C)=C/[C@H](C)[C@@H]1OC(N)=O)C2=O. The minimum atomic E-state index is -1.03. The number of hydrogen-bond acceptors (Lipinski definition) is 10. The van der Waals surface area contributed by atoms with Crippen molar-refractivity contribution >= 4 is 29.7 Å². The van der Waals surface area contributed by atoms with Crippen LogP contribution in [0.5, 0.6) is 0 Å². The number of Topliss-reactive ketones (excluding diaryl/α,β-unsaturated/α-hetero) is 1. The standard InChI is InChI=1S/C32H44N4O9/c1-17-13-21-26(36-11-8-12-36)23(37)16-22(27(21)38)35-30(39)18(2)9-7-10-24(42-5)28(44-31(33)40)19(3)15-20(4)29(45-32(34)41)25(14-17)43-6/h7,9-10,15-17,20,24-25,28-29H,8,11-14H2,1-6H3,(H2,33,40)(H2,34,41)(H,35,39)/b10-7-,18-9+,19-15+/t17-,20+,24-,25+,28+,29+/m1/s1. The lowest BCUT2D eigenvalue weighted by Gasteiger charge is -2.37. The van der Waals surface area contributed by atoms with Crippen LogP contribution in [0.3, 0.4) is 0 Å². The van der Waals surface area contributed by atoms with Crippen molar-refractivity contribution < 1.29 is 42.9 Å². The molecule has 1 fully saturated rings. The number of carbonyl (C=O) groups excluding carboxylic acids is 5. The fourth-order valence-electron chi connectivity index (χ4n) is 5.76. The van der Waals surface area contributed by atoms with Gasteiger partial charge in [0.05, 0.1) is 17.5 Å². The number of primary amides is 2. The molecule has 3 aliphatic rings. The zero-order valence-corrected chi connectivity index (χ0v) is 26.7. The molecule has 2 bridgehead atoms. The number of ether oxygens (including phenoxy) is 4. The Morgan fingerprint density at radius 3 is 2.22 bits per heavy atom. The molecule has 13 heteroatoms. The smallest absolute Gasteiger partial charge is 0.405 e. The van der Waals surface area contributed by atoms with Crippen LogP contribution in [0.25, 0.3) is 0 Å². The molecule has 0 aromatic rings. The first-order valence-electron chi connectivity index (χ1n) is 14.9. The fraction of sp³-hybridized carbons (Fsp3) is 0.531. The van der Waals surface area contributed by atoms with Gasteiger partial charge in [0.1, 0.15) is 12.2 Å². The molecular formula is C32H44N4O9. The lowest BCUT2D eigenvalue weighted by atomic mass is 9.84. The Labute approximate surface area is 263 Å². The highest BCUT2D eigenvalue weighted by molar-refractivity contribution is 6.23. The van der Waals surface area contributed by atoms with Crippen LogP contribution in [0, 0.1) is 11.8 Å². The number of allylic oxidation sites excluding steroid dienone is 4. The number of amides is 3. The maximum absolute atomic E-state index is 13.8. The average molecular weight is 629 g/mol. The maximum Gasteiger partial charge on any atom is 0.405 e. The molecule has 0 aromatic carbocycles. The predicted octanol–water partition coefficient (Wildman–Crippen LogP) is 2.57. The predicted molar refractivity (Wildman–Crippen MR) is 164 cm³/mol. The summed E-state index contributed by atoms with van der Waals surface area (Å²) in [6.07, 6.45) is 3.61. The molecule has 13 nitrogen and oxygen atoms in total. The van der Waals surface area contributed by atoms with E-state index in [-0.39, 0.29) is 29.4 Å². The second kappa shape index (κ2) is 15.7. The highest BCUT2D eigenvalue weighted by Gasteiger charge is 2.37. The molecule has 1 aliphatic carbocycles. The van der Waals surface area contributed by atoms with Crippen molar-refractivity contribution in [1.82, 2.24) is 10.2 Å². The molecule has 2 heterocycles.